The maximum Gasteiger partial charge on any atom is 0.269 e. The Morgan fingerprint density at radius 1 is 1.03 bits per heavy atom. The molecule has 10 heteroatoms. The highest BCUT2D eigenvalue weighted by Gasteiger charge is 2.19. The van der Waals surface area contributed by atoms with Crippen LogP contribution >= 0.6 is 0 Å². The Kier molecular flexibility index (Phi) is 7.82. The first-order chi connectivity index (χ1) is 13.7. The van der Waals surface area contributed by atoms with E-state index < -0.39 is 14.8 Å². The molecule has 2 rings (SSSR count). The third-order valence-corrected chi connectivity index (χ3v) is 5.84. The summed E-state index contributed by atoms with van der Waals surface area (Å²) in [6, 6.07) is 10.5. The van der Waals surface area contributed by atoms with Gasteiger partial charge in [0.1, 0.15) is 0 Å². The summed E-state index contributed by atoms with van der Waals surface area (Å²) >= 11 is 0. The smallest absolute Gasteiger partial charge is 0.269 e. The Labute approximate surface area is 169 Å². The van der Waals surface area contributed by atoms with Crippen molar-refractivity contribution in [3.63, 3.8) is 0 Å². The van der Waals surface area contributed by atoms with Crippen molar-refractivity contribution in [2.24, 2.45) is 0 Å². The average molecular weight is 420 g/mol. The monoisotopic (exact) mass is 420 g/mol. The molecular formula is C19H24N4O5S. The zero-order chi connectivity index (χ0) is 21.4. The van der Waals surface area contributed by atoms with Crippen molar-refractivity contribution < 1.29 is 18.1 Å². The van der Waals surface area contributed by atoms with Gasteiger partial charge in [0, 0.05) is 17.8 Å². The number of rotatable bonds is 10. The number of sulfone groups is 1. The maximum absolute atomic E-state index is 12.6. The van der Waals surface area contributed by atoms with Crippen LogP contribution in [0.25, 0.3) is 0 Å². The van der Waals surface area contributed by atoms with Gasteiger partial charge in [-0.2, -0.15) is 0 Å². The van der Waals surface area contributed by atoms with E-state index >= 15 is 0 Å². The third-order valence-electron chi connectivity index (χ3n) is 4.05. The summed E-state index contributed by atoms with van der Waals surface area (Å²) < 4.78 is 25.3. The van der Waals surface area contributed by atoms with Gasteiger partial charge in [0.05, 0.1) is 21.3 Å². The maximum atomic E-state index is 12.6. The average Bonchev–Trinajstić information content (AvgIpc) is 2.68. The van der Waals surface area contributed by atoms with Crippen LogP contribution in [0.15, 0.2) is 58.3 Å². The van der Waals surface area contributed by atoms with Crippen LogP contribution in [0.5, 0.6) is 0 Å². The number of hydrogen-bond acceptors (Lipinski definition) is 7. The highest BCUT2D eigenvalue weighted by atomic mass is 32.2. The fraction of sp³-hybridized carbons (Fsp3) is 0.316. The lowest BCUT2D eigenvalue weighted by Crippen LogP contribution is -2.30. The second-order valence-electron chi connectivity index (χ2n) is 6.66. The van der Waals surface area contributed by atoms with Crippen molar-refractivity contribution in [1.29, 1.82) is 0 Å². The van der Waals surface area contributed by atoms with Gasteiger partial charge >= 0.3 is 0 Å². The first-order valence-electron chi connectivity index (χ1n) is 8.95. The zero-order valence-corrected chi connectivity index (χ0v) is 17.1. The Hall–Kier alpha value is -2.82. The predicted molar refractivity (Wildman–Crippen MR) is 110 cm³/mol. The van der Waals surface area contributed by atoms with Crippen LogP contribution in [0.1, 0.15) is 6.42 Å². The van der Waals surface area contributed by atoms with Gasteiger partial charge in [-0.15, -0.1) is 0 Å². The Balaban J connectivity index is 1.95. The molecule has 0 aromatic heterocycles. The van der Waals surface area contributed by atoms with Crippen molar-refractivity contribution in [2.75, 3.05) is 39.0 Å². The van der Waals surface area contributed by atoms with E-state index in [1.165, 1.54) is 36.4 Å². The van der Waals surface area contributed by atoms with E-state index in [9.17, 15) is 23.3 Å². The molecule has 0 heterocycles. The Bertz CT molecular complexity index is 942. The van der Waals surface area contributed by atoms with Crippen molar-refractivity contribution in [1.82, 2.24) is 10.2 Å². The first kappa shape index (κ1) is 22.5. The highest BCUT2D eigenvalue weighted by molar-refractivity contribution is 7.91. The van der Waals surface area contributed by atoms with Crippen LogP contribution in [-0.2, 0) is 14.6 Å². The van der Waals surface area contributed by atoms with Crippen LogP contribution < -0.4 is 10.6 Å². The molecule has 0 saturated carbocycles. The van der Waals surface area contributed by atoms with Crippen LogP contribution in [0.3, 0.4) is 0 Å². The number of anilines is 1. The molecule has 0 spiro atoms. The number of carbonyl (C=O) groups is 1. The van der Waals surface area contributed by atoms with Gasteiger partial charge in [-0.25, -0.2) is 8.42 Å². The van der Waals surface area contributed by atoms with Gasteiger partial charge in [-0.3, -0.25) is 14.9 Å². The number of benzene rings is 2. The van der Waals surface area contributed by atoms with E-state index in [0.717, 1.165) is 31.6 Å². The highest BCUT2D eigenvalue weighted by Crippen LogP contribution is 2.24. The van der Waals surface area contributed by atoms with Gasteiger partial charge in [0.25, 0.3) is 5.69 Å². The minimum absolute atomic E-state index is 0.0335. The molecular weight excluding hydrogens is 396 g/mol. The summed E-state index contributed by atoms with van der Waals surface area (Å²) in [6.07, 6.45) is 0.926. The largest absolute Gasteiger partial charge is 0.325 e. The molecule has 156 valence electrons. The summed E-state index contributed by atoms with van der Waals surface area (Å²) in [4.78, 5) is 24.1. The molecule has 2 N–H and O–H groups in total. The first-order valence-corrected chi connectivity index (χ1v) is 10.4. The van der Waals surface area contributed by atoms with E-state index in [0.29, 0.717) is 5.69 Å². The summed E-state index contributed by atoms with van der Waals surface area (Å²) in [5, 5.41) is 16.4. The summed E-state index contributed by atoms with van der Waals surface area (Å²) in [5.41, 5.74) is 0.296. The number of nitrogens with zero attached hydrogens (tertiary/aromatic N) is 2. The van der Waals surface area contributed by atoms with Crippen LogP contribution in [0, 0.1) is 10.1 Å². The topological polar surface area (TPSA) is 122 Å². The fourth-order valence-corrected chi connectivity index (χ4v) is 3.79. The second kappa shape index (κ2) is 10.1. The van der Waals surface area contributed by atoms with Gasteiger partial charge in [0.2, 0.25) is 15.7 Å². The summed E-state index contributed by atoms with van der Waals surface area (Å²) in [7, 11) is 0.163. The predicted octanol–water partition coefficient (Wildman–Crippen LogP) is 1.91. The van der Waals surface area contributed by atoms with E-state index in [-0.39, 0.29) is 27.9 Å². The van der Waals surface area contributed by atoms with Crippen LogP contribution in [0.4, 0.5) is 11.4 Å². The second-order valence-corrected chi connectivity index (χ2v) is 8.61. The van der Waals surface area contributed by atoms with Crippen molar-refractivity contribution >= 4 is 27.1 Å². The summed E-state index contributed by atoms with van der Waals surface area (Å²) in [6.45, 7) is 1.81. The molecule has 9 nitrogen and oxygen atoms in total. The molecule has 29 heavy (non-hydrogen) atoms. The molecule has 1 amide bonds. The molecule has 0 radical (unpaired) electrons. The normalized spacial score (nSPS) is 11.4. The van der Waals surface area contributed by atoms with Gasteiger partial charge in [-0.1, -0.05) is 0 Å². The molecule has 2 aromatic rings. The lowest BCUT2D eigenvalue weighted by atomic mass is 10.3. The standard InChI is InChI=1S/C19H24N4O5S/c1-22(2)13-3-12-20-14-19(24)21-15-4-8-17(9-5-15)29(27,28)18-10-6-16(7-11-18)23(25)26/h4-11,20H,3,12-14H2,1-2H3,(H,21,24). The number of hydrogen-bond donors (Lipinski definition) is 2. The van der Waals surface area contributed by atoms with Crippen molar-refractivity contribution in [3.8, 4) is 0 Å². The molecule has 0 saturated heterocycles. The van der Waals surface area contributed by atoms with E-state index in [1.807, 2.05) is 14.1 Å². The molecule has 0 aliphatic rings. The van der Waals surface area contributed by atoms with Crippen LogP contribution in [-0.4, -0.2) is 57.9 Å². The number of nitro groups is 1. The molecule has 0 unspecified atom stereocenters. The fourth-order valence-electron chi connectivity index (χ4n) is 2.53. The van der Waals surface area contributed by atoms with Gasteiger partial charge in [0.15, 0.2) is 0 Å². The van der Waals surface area contributed by atoms with E-state index in [4.69, 9.17) is 0 Å². The van der Waals surface area contributed by atoms with Crippen molar-refractivity contribution in [2.45, 2.75) is 16.2 Å². The molecule has 2 aromatic carbocycles. The van der Waals surface area contributed by atoms with E-state index in [2.05, 4.69) is 15.5 Å². The number of nitro benzene ring substituents is 1. The quantitative estimate of drug-likeness (QED) is 0.342. The lowest BCUT2D eigenvalue weighted by Gasteiger charge is -2.10. The molecule has 0 aliphatic carbocycles. The van der Waals surface area contributed by atoms with Gasteiger partial charge < -0.3 is 15.5 Å². The number of amides is 1. The minimum Gasteiger partial charge on any atom is -0.325 e. The third kappa shape index (κ3) is 6.63. The van der Waals surface area contributed by atoms with Crippen molar-refractivity contribution in [3.05, 3.63) is 58.6 Å². The molecule has 0 aliphatic heterocycles. The minimum atomic E-state index is -3.81. The molecule has 0 fully saturated rings. The number of nitrogens with one attached hydrogen (secondary N) is 2. The molecule has 0 bridgehead atoms. The Morgan fingerprint density at radius 2 is 1.59 bits per heavy atom. The SMILES string of the molecule is CN(C)CCCNCC(=O)Nc1ccc(S(=O)(=O)c2ccc([N+](=O)[O-])cc2)cc1. The zero-order valence-electron chi connectivity index (χ0n) is 16.3. The Morgan fingerprint density at radius 3 is 2.10 bits per heavy atom. The van der Waals surface area contributed by atoms with Crippen LogP contribution in [0.2, 0.25) is 0 Å². The number of non-ortho nitro benzene ring substituents is 1. The number of carbonyl (C=O) groups excluding carboxylic acids is 1. The summed E-state index contributed by atoms with van der Waals surface area (Å²) in [5.74, 6) is -0.221. The lowest BCUT2D eigenvalue weighted by molar-refractivity contribution is -0.384. The molecule has 0 atom stereocenters. The van der Waals surface area contributed by atoms with E-state index in [1.54, 1.807) is 0 Å². The van der Waals surface area contributed by atoms with Gasteiger partial charge in [-0.05, 0) is 70.0 Å².